The van der Waals surface area contributed by atoms with Gasteiger partial charge in [-0.25, -0.2) is 0 Å². The van der Waals surface area contributed by atoms with Crippen LogP contribution in [0, 0.1) is 0 Å². The molecule has 0 saturated carbocycles. The molecule has 0 unspecified atom stereocenters. The van der Waals surface area contributed by atoms with Crippen LogP contribution in [0.25, 0.3) is 54.9 Å². The molecular formula is C59H42N2O. The van der Waals surface area contributed by atoms with Gasteiger partial charge < -0.3 is 14.5 Å². The second-order valence-corrected chi connectivity index (χ2v) is 16.9. The molecule has 0 saturated heterocycles. The van der Waals surface area contributed by atoms with E-state index in [1.54, 1.807) is 0 Å². The molecule has 10 aromatic rings. The predicted octanol–water partition coefficient (Wildman–Crippen LogP) is 16.7. The maximum atomic E-state index is 6.96. The van der Waals surface area contributed by atoms with Crippen LogP contribution in [0.4, 0.5) is 34.1 Å². The van der Waals surface area contributed by atoms with E-state index in [1.165, 1.54) is 55.1 Å². The van der Waals surface area contributed by atoms with E-state index in [4.69, 9.17) is 4.74 Å². The maximum absolute atomic E-state index is 6.96. The lowest BCUT2D eigenvalue weighted by molar-refractivity contribution is 0.487. The quantitative estimate of drug-likeness (QED) is 0.160. The summed E-state index contributed by atoms with van der Waals surface area (Å²) in [6, 6.07) is 78.8. The van der Waals surface area contributed by atoms with Crippen LogP contribution in [0.3, 0.4) is 0 Å². The Morgan fingerprint density at radius 1 is 0.323 bits per heavy atom. The molecule has 0 amide bonds. The van der Waals surface area contributed by atoms with E-state index in [2.05, 4.69) is 242 Å². The van der Waals surface area contributed by atoms with Crippen molar-refractivity contribution < 1.29 is 4.74 Å². The Balaban J connectivity index is 0.967. The highest BCUT2D eigenvalue weighted by atomic mass is 16.5. The summed E-state index contributed by atoms with van der Waals surface area (Å²) in [6.07, 6.45) is 0. The average molecular weight is 795 g/mol. The molecule has 294 valence electrons. The predicted molar refractivity (Wildman–Crippen MR) is 259 cm³/mol. The third-order valence-corrected chi connectivity index (χ3v) is 13.0. The van der Waals surface area contributed by atoms with Gasteiger partial charge in [-0.1, -0.05) is 153 Å². The van der Waals surface area contributed by atoms with Gasteiger partial charge in [0.1, 0.15) is 11.5 Å². The fourth-order valence-corrected chi connectivity index (χ4v) is 10.1. The number of para-hydroxylation sites is 3. The topological polar surface area (TPSA) is 15.7 Å². The number of nitrogens with zero attached hydrogens (tertiary/aromatic N) is 2. The molecule has 62 heavy (non-hydrogen) atoms. The summed E-state index contributed by atoms with van der Waals surface area (Å²) in [5.41, 5.74) is 16.5. The van der Waals surface area contributed by atoms with Crippen LogP contribution in [0.2, 0.25) is 0 Å². The van der Waals surface area contributed by atoms with E-state index in [9.17, 15) is 0 Å². The molecule has 3 heteroatoms. The van der Waals surface area contributed by atoms with E-state index in [-0.39, 0.29) is 5.41 Å². The summed E-state index contributed by atoms with van der Waals surface area (Å²) >= 11 is 0. The summed E-state index contributed by atoms with van der Waals surface area (Å²) in [6.45, 7) is 4.68. The normalized spacial score (nSPS) is 12.9. The van der Waals surface area contributed by atoms with E-state index < -0.39 is 0 Å². The van der Waals surface area contributed by atoms with Crippen LogP contribution < -0.4 is 14.5 Å². The molecule has 0 N–H and O–H groups in total. The standard InChI is InChI=1S/C59H42N2O/c1-59(2)53-27-15-14-24-47(53)48-31-29-42(37-54(48)59)60(39-17-6-3-7-18-39)43-30-32-50-52-34-33-46(51-26-16-28-56(58(51)52)62-57(50)38-43)45-35-36-55(49-25-13-12-23-44(45)49)61(40-19-8-4-9-20-40)41-21-10-5-11-22-41/h3-38H,1-2H3. The van der Waals surface area contributed by atoms with Crippen LogP contribution in [-0.4, -0.2) is 0 Å². The largest absolute Gasteiger partial charge is 0.456 e. The summed E-state index contributed by atoms with van der Waals surface area (Å²) in [4.78, 5) is 4.71. The Hall–Kier alpha value is -7.88. The highest BCUT2D eigenvalue weighted by Gasteiger charge is 2.36. The maximum Gasteiger partial charge on any atom is 0.137 e. The monoisotopic (exact) mass is 794 g/mol. The molecule has 2 aliphatic rings. The van der Waals surface area contributed by atoms with E-state index in [0.29, 0.717) is 0 Å². The molecular weight excluding hydrogens is 753 g/mol. The molecule has 1 aliphatic heterocycles. The Labute approximate surface area is 362 Å². The van der Waals surface area contributed by atoms with Crippen LogP contribution in [0.1, 0.15) is 25.0 Å². The molecule has 0 fully saturated rings. The average Bonchev–Trinajstić information content (AvgIpc) is 3.55. The molecule has 1 heterocycles. The number of ether oxygens (including phenoxy) is 1. The van der Waals surface area contributed by atoms with Gasteiger partial charge in [0.2, 0.25) is 0 Å². The van der Waals surface area contributed by atoms with Gasteiger partial charge in [-0.2, -0.15) is 0 Å². The minimum atomic E-state index is -0.108. The van der Waals surface area contributed by atoms with E-state index in [0.717, 1.165) is 56.6 Å². The minimum Gasteiger partial charge on any atom is -0.456 e. The second kappa shape index (κ2) is 14.1. The first-order valence-electron chi connectivity index (χ1n) is 21.4. The Morgan fingerprint density at radius 3 is 1.56 bits per heavy atom. The SMILES string of the molecule is CC1(C)c2ccccc2-c2ccc(N(c3ccccc3)c3ccc4c(c3)Oc3cccc5c(-c6ccc(N(c7ccccc7)c7ccccc7)c7ccccc67)ccc-4c35)cc21. The number of benzene rings is 10. The van der Waals surface area contributed by atoms with Crippen LogP contribution in [0.5, 0.6) is 11.5 Å². The second-order valence-electron chi connectivity index (χ2n) is 16.9. The van der Waals surface area contributed by atoms with Crippen molar-refractivity contribution in [2.75, 3.05) is 9.80 Å². The number of hydrogen-bond donors (Lipinski definition) is 0. The van der Waals surface area contributed by atoms with Crippen LogP contribution in [-0.2, 0) is 5.41 Å². The molecule has 10 aromatic carbocycles. The van der Waals surface area contributed by atoms with Crippen molar-refractivity contribution in [2.24, 2.45) is 0 Å². The van der Waals surface area contributed by atoms with Crippen LogP contribution >= 0.6 is 0 Å². The van der Waals surface area contributed by atoms with Crippen molar-refractivity contribution in [3.05, 3.63) is 230 Å². The zero-order chi connectivity index (χ0) is 41.4. The van der Waals surface area contributed by atoms with Crippen molar-refractivity contribution in [1.29, 1.82) is 0 Å². The van der Waals surface area contributed by atoms with Gasteiger partial charge in [-0.3, -0.25) is 0 Å². The molecule has 12 rings (SSSR count). The molecule has 0 bridgehead atoms. The van der Waals surface area contributed by atoms with Crippen LogP contribution in [0.15, 0.2) is 218 Å². The highest BCUT2D eigenvalue weighted by molar-refractivity contribution is 6.15. The molecule has 0 atom stereocenters. The zero-order valence-corrected chi connectivity index (χ0v) is 34.6. The van der Waals surface area contributed by atoms with Crippen molar-refractivity contribution >= 4 is 55.7 Å². The fourth-order valence-electron chi connectivity index (χ4n) is 10.1. The van der Waals surface area contributed by atoms with Gasteiger partial charge in [0, 0.05) is 56.3 Å². The van der Waals surface area contributed by atoms with Gasteiger partial charge in [-0.15, -0.1) is 0 Å². The third-order valence-electron chi connectivity index (χ3n) is 13.0. The Bertz CT molecular complexity index is 3320. The Morgan fingerprint density at radius 2 is 0.839 bits per heavy atom. The summed E-state index contributed by atoms with van der Waals surface area (Å²) in [5, 5.41) is 4.69. The zero-order valence-electron chi connectivity index (χ0n) is 34.6. The summed E-state index contributed by atoms with van der Waals surface area (Å²) in [5.74, 6) is 1.72. The molecule has 0 spiro atoms. The van der Waals surface area contributed by atoms with Gasteiger partial charge in [0.15, 0.2) is 0 Å². The highest BCUT2D eigenvalue weighted by Crippen LogP contribution is 2.54. The van der Waals surface area contributed by atoms with Crippen molar-refractivity contribution in [2.45, 2.75) is 19.3 Å². The summed E-state index contributed by atoms with van der Waals surface area (Å²) < 4.78 is 6.96. The Kier molecular flexibility index (Phi) is 8.20. The number of rotatable bonds is 7. The number of fused-ring (bicyclic) bond motifs is 6. The fraction of sp³-hybridized carbons (Fsp3) is 0.0508. The molecule has 0 aromatic heterocycles. The van der Waals surface area contributed by atoms with Gasteiger partial charge >= 0.3 is 0 Å². The van der Waals surface area contributed by atoms with Crippen molar-refractivity contribution in [3.8, 4) is 44.9 Å². The number of hydrogen-bond acceptors (Lipinski definition) is 3. The van der Waals surface area contributed by atoms with Gasteiger partial charge in [0.05, 0.1) is 5.69 Å². The van der Waals surface area contributed by atoms with Gasteiger partial charge in [0.25, 0.3) is 0 Å². The molecule has 3 nitrogen and oxygen atoms in total. The van der Waals surface area contributed by atoms with E-state index in [1.807, 2.05) is 0 Å². The van der Waals surface area contributed by atoms with Gasteiger partial charge in [-0.05, 0) is 123 Å². The van der Waals surface area contributed by atoms with Crippen molar-refractivity contribution in [1.82, 2.24) is 0 Å². The van der Waals surface area contributed by atoms with Crippen molar-refractivity contribution in [3.63, 3.8) is 0 Å². The lowest BCUT2D eigenvalue weighted by atomic mass is 9.82. The minimum absolute atomic E-state index is 0.108. The summed E-state index contributed by atoms with van der Waals surface area (Å²) in [7, 11) is 0. The molecule has 1 aliphatic carbocycles. The smallest absolute Gasteiger partial charge is 0.137 e. The molecule has 0 radical (unpaired) electrons. The lowest BCUT2D eigenvalue weighted by Crippen LogP contribution is -2.16. The first kappa shape index (κ1) is 36.0. The lowest BCUT2D eigenvalue weighted by Gasteiger charge is -2.30. The first-order valence-corrected chi connectivity index (χ1v) is 21.4. The first-order chi connectivity index (χ1) is 30.5. The van der Waals surface area contributed by atoms with E-state index >= 15 is 0 Å². The third kappa shape index (κ3) is 5.59. The number of anilines is 6.